The van der Waals surface area contributed by atoms with Crippen LogP contribution in [0.1, 0.15) is 43.4 Å². The smallest absolute Gasteiger partial charge is 0.122 e. The molecule has 3 rings (SSSR count). The molecule has 0 spiro atoms. The van der Waals surface area contributed by atoms with E-state index in [0.29, 0.717) is 5.92 Å². The van der Waals surface area contributed by atoms with Gasteiger partial charge in [-0.05, 0) is 47.9 Å². The van der Waals surface area contributed by atoms with Crippen molar-refractivity contribution in [3.8, 4) is 5.75 Å². The van der Waals surface area contributed by atoms with E-state index in [1.54, 1.807) is 0 Å². The van der Waals surface area contributed by atoms with Crippen LogP contribution in [0.3, 0.4) is 0 Å². The van der Waals surface area contributed by atoms with Gasteiger partial charge < -0.3 is 4.74 Å². The minimum atomic E-state index is 0.459. The van der Waals surface area contributed by atoms with E-state index < -0.39 is 0 Å². The lowest BCUT2D eigenvalue weighted by molar-refractivity contribution is 0.284. The number of ether oxygens (including phenoxy) is 1. The van der Waals surface area contributed by atoms with Crippen LogP contribution in [0.25, 0.3) is 0 Å². The third kappa shape index (κ3) is 5.73. The highest BCUT2D eigenvalue weighted by Crippen LogP contribution is 2.30. The summed E-state index contributed by atoms with van der Waals surface area (Å²) in [6.07, 6.45) is 4.21. The predicted molar refractivity (Wildman–Crippen MR) is 119 cm³/mol. The minimum absolute atomic E-state index is 0.459. The van der Waals surface area contributed by atoms with Gasteiger partial charge in [0.05, 0.1) is 6.61 Å². The maximum Gasteiger partial charge on any atom is 0.122 e. The number of hydrogen-bond donors (Lipinski definition) is 0. The maximum atomic E-state index is 6.18. The largest absolute Gasteiger partial charge is 0.493 e. The van der Waals surface area contributed by atoms with Crippen LogP contribution < -0.4 is 4.74 Å². The van der Waals surface area contributed by atoms with E-state index in [2.05, 4.69) is 98.8 Å². The summed E-state index contributed by atoms with van der Waals surface area (Å²) >= 11 is 0. The molecule has 0 fully saturated rings. The predicted octanol–water partition coefficient (Wildman–Crippen LogP) is 6.91. The van der Waals surface area contributed by atoms with E-state index in [9.17, 15) is 0 Å². The number of para-hydroxylation sites is 1. The third-order valence-corrected chi connectivity index (χ3v) is 5.28. The average molecular weight is 372 g/mol. The first-order chi connectivity index (χ1) is 13.8. The zero-order valence-corrected chi connectivity index (χ0v) is 17.1. The fraction of sp³-hybridized carbons (Fsp3) is 0.296. The van der Waals surface area contributed by atoms with Crippen LogP contribution in [0.2, 0.25) is 0 Å². The van der Waals surface area contributed by atoms with E-state index in [4.69, 9.17) is 4.74 Å². The molecule has 1 atom stereocenters. The molecule has 1 nitrogen and oxygen atoms in total. The standard InChI is InChI=1S/C27H31O/c1-3-12-25-17-10-11-18-27(25)28-20-19-22(2)26(24-15-8-5-9-16-24)21-23-13-6-4-7-14-23/h4-11,13-18,22H,3,12,19-21H2,1-2H3. The Morgan fingerprint density at radius 2 is 1.46 bits per heavy atom. The van der Waals surface area contributed by atoms with Crippen LogP contribution in [0.5, 0.6) is 5.75 Å². The van der Waals surface area contributed by atoms with Gasteiger partial charge in [0.2, 0.25) is 0 Å². The van der Waals surface area contributed by atoms with Gasteiger partial charge in [-0.25, -0.2) is 0 Å². The highest BCUT2D eigenvalue weighted by Gasteiger charge is 2.20. The molecule has 1 unspecified atom stereocenters. The van der Waals surface area contributed by atoms with Gasteiger partial charge in [0.15, 0.2) is 0 Å². The van der Waals surface area contributed by atoms with Gasteiger partial charge in [0, 0.05) is 5.92 Å². The Morgan fingerprint density at radius 1 is 0.821 bits per heavy atom. The van der Waals surface area contributed by atoms with Gasteiger partial charge in [0.1, 0.15) is 5.75 Å². The maximum absolute atomic E-state index is 6.18. The Bertz CT molecular complexity index is 810. The van der Waals surface area contributed by atoms with Crippen LogP contribution in [-0.4, -0.2) is 6.61 Å². The van der Waals surface area contributed by atoms with Crippen molar-refractivity contribution in [2.75, 3.05) is 6.61 Å². The number of hydrogen-bond acceptors (Lipinski definition) is 1. The Hall–Kier alpha value is -2.54. The summed E-state index contributed by atoms with van der Waals surface area (Å²) < 4.78 is 6.18. The normalized spacial score (nSPS) is 12.1. The molecule has 3 aromatic carbocycles. The van der Waals surface area contributed by atoms with Crippen LogP contribution in [-0.2, 0) is 12.8 Å². The van der Waals surface area contributed by atoms with Gasteiger partial charge >= 0.3 is 0 Å². The molecule has 0 saturated carbocycles. The monoisotopic (exact) mass is 371 g/mol. The zero-order valence-electron chi connectivity index (χ0n) is 17.1. The molecule has 0 bridgehead atoms. The molecule has 0 aliphatic heterocycles. The molecule has 1 radical (unpaired) electrons. The van der Waals surface area contributed by atoms with Crippen molar-refractivity contribution < 1.29 is 4.74 Å². The van der Waals surface area contributed by atoms with E-state index in [1.165, 1.54) is 22.6 Å². The molecular weight excluding hydrogens is 340 g/mol. The Morgan fingerprint density at radius 3 is 2.18 bits per heavy atom. The minimum Gasteiger partial charge on any atom is -0.493 e. The lowest BCUT2D eigenvalue weighted by Gasteiger charge is -2.24. The average Bonchev–Trinajstić information content (AvgIpc) is 2.75. The van der Waals surface area contributed by atoms with Gasteiger partial charge in [-0.1, -0.05) is 99.1 Å². The van der Waals surface area contributed by atoms with Crippen molar-refractivity contribution in [3.05, 3.63) is 108 Å². The first-order valence-electron chi connectivity index (χ1n) is 10.4. The summed E-state index contributed by atoms with van der Waals surface area (Å²) in [5.41, 5.74) is 4.02. The van der Waals surface area contributed by atoms with Crippen molar-refractivity contribution in [1.29, 1.82) is 0 Å². The zero-order chi connectivity index (χ0) is 19.6. The lowest BCUT2D eigenvalue weighted by Crippen LogP contribution is -2.17. The Labute approximate surface area is 170 Å². The second-order valence-corrected chi connectivity index (χ2v) is 7.45. The molecule has 145 valence electrons. The molecule has 0 N–H and O–H groups in total. The number of aryl methyl sites for hydroxylation is 1. The van der Waals surface area contributed by atoms with Crippen molar-refractivity contribution >= 4 is 0 Å². The van der Waals surface area contributed by atoms with Gasteiger partial charge in [-0.2, -0.15) is 0 Å². The van der Waals surface area contributed by atoms with Crippen LogP contribution in [0.4, 0.5) is 0 Å². The quantitative estimate of drug-likeness (QED) is 0.376. The summed E-state index contributed by atoms with van der Waals surface area (Å²) in [5.74, 6) is 2.99. The molecule has 0 heterocycles. The van der Waals surface area contributed by atoms with Crippen LogP contribution >= 0.6 is 0 Å². The van der Waals surface area contributed by atoms with Crippen LogP contribution in [0.15, 0.2) is 84.9 Å². The van der Waals surface area contributed by atoms with Gasteiger partial charge in [0.25, 0.3) is 0 Å². The topological polar surface area (TPSA) is 9.23 Å². The van der Waals surface area contributed by atoms with E-state index in [-0.39, 0.29) is 0 Å². The third-order valence-electron chi connectivity index (χ3n) is 5.28. The lowest BCUT2D eigenvalue weighted by atomic mass is 9.81. The van der Waals surface area contributed by atoms with E-state index in [1.807, 2.05) is 0 Å². The van der Waals surface area contributed by atoms with Crippen LogP contribution in [0, 0.1) is 11.8 Å². The molecule has 0 saturated heterocycles. The molecule has 28 heavy (non-hydrogen) atoms. The second-order valence-electron chi connectivity index (χ2n) is 7.45. The summed E-state index contributed by atoms with van der Waals surface area (Å²) in [6.45, 7) is 5.28. The highest BCUT2D eigenvalue weighted by atomic mass is 16.5. The number of benzene rings is 3. The fourth-order valence-corrected chi connectivity index (χ4v) is 3.67. The first kappa shape index (κ1) is 20.2. The molecule has 0 aliphatic rings. The van der Waals surface area contributed by atoms with E-state index >= 15 is 0 Å². The second kappa shape index (κ2) is 10.7. The highest BCUT2D eigenvalue weighted by molar-refractivity contribution is 5.36. The summed E-state index contributed by atoms with van der Waals surface area (Å²) in [6, 6.07) is 30.0. The van der Waals surface area contributed by atoms with Crippen molar-refractivity contribution in [1.82, 2.24) is 0 Å². The summed E-state index contributed by atoms with van der Waals surface area (Å²) in [4.78, 5) is 0. The fourth-order valence-electron chi connectivity index (χ4n) is 3.67. The van der Waals surface area contributed by atoms with Gasteiger partial charge in [-0.15, -0.1) is 0 Å². The van der Waals surface area contributed by atoms with Gasteiger partial charge in [-0.3, -0.25) is 0 Å². The number of rotatable bonds is 10. The van der Waals surface area contributed by atoms with Crippen molar-refractivity contribution in [3.63, 3.8) is 0 Å². The summed E-state index contributed by atoms with van der Waals surface area (Å²) in [5, 5.41) is 0. The SMILES string of the molecule is CCCc1ccccc1OCCC(C)[C](Cc1ccccc1)c1ccccc1. The first-order valence-corrected chi connectivity index (χ1v) is 10.4. The van der Waals surface area contributed by atoms with Crippen molar-refractivity contribution in [2.45, 2.75) is 39.5 Å². The molecule has 0 amide bonds. The molecule has 3 aromatic rings. The Kier molecular flexibility index (Phi) is 7.72. The van der Waals surface area contributed by atoms with Crippen molar-refractivity contribution in [2.24, 2.45) is 5.92 Å². The molecular formula is C27H31O. The summed E-state index contributed by atoms with van der Waals surface area (Å²) in [7, 11) is 0. The van der Waals surface area contributed by atoms with E-state index in [0.717, 1.165) is 38.0 Å². The Balaban J connectivity index is 1.65. The molecule has 0 aliphatic carbocycles. The molecule has 1 heteroatoms. The molecule has 0 aromatic heterocycles.